The summed E-state index contributed by atoms with van der Waals surface area (Å²) in [6.45, 7) is 2.70. The summed E-state index contributed by atoms with van der Waals surface area (Å²) >= 11 is 1.98. The van der Waals surface area contributed by atoms with Gasteiger partial charge in [-0.2, -0.15) is 11.8 Å². The lowest BCUT2D eigenvalue weighted by Crippen LogP contribution is -2.42. The highest BCUT2D eigenvalue weighted by Crippen LogP contribution is 2.24. The number of nitrogens with zero attached hydrogens (tertiary/aromatic N) is 1. The molecule has 140 valence electrons. The molecule has 0 spiro atoms. The van der Waals surface area contributed by atoms with E-state index in [9.17, 15) is 4.79 Å². The summed E-state index contributed by atoms with van der Waals surface area (Å²) in [6.07, 6.45) is 4.70. The fourth-order valence-corrected chi connectivity index (χ4v) is 4.09. The van der Waals surface area contributed by atoms with Crippen molar-refractivity contribution in [3.8, 4) is 5.75 Å². The molecule has 26 heavy (non-hydrogen) atoms. The van der Waals surface area contributed by atoms with Crippen molar-refractivity contribution in [2.75, 3.05) is 38.2 Å². The van der Waals surface area contributed by atoms with Crippen molar-refractivity contribution in [3.63, 3.8) is 0 Å². The highest BCUT2D eigenvalue weighted by molar-refractivity contribution is 7.99. The van der Waals surface area contributed by atoms with Gasteiger partial charge in [-0.3, -0.25) is 9.69 Å². The van der Waals surface area contributed by atoms with Gasteiger partial charge in [0.1, 0.15) is 5.75 Å². The van der Waals surface area contributed by atoms with Gasteiger partial charge in [0.2, 0.25) is 5.91 Å². The fourth-order valence-electron chi connectivity index (χ4n) is 3.16. The van der Waals surface area contributed by atoms with Crippen LogP contribution in [0.3, 0.4) is 0 Å². The highest BCUT2D eigenvalue weighted by Gasteiger charge is 2.23. The van der Waals surface area contributed by atoms with E-state index in [-0.39, 0.29) is 11.9 Å². The smallest absolute Gasteiger partial charge is 0.220 e. The average molecular weight is 375 g/mol. The van der Waals surface area contributed by atoms with Crippen molar-refractivity contribution in [1.29, 1.82) is 0 Å². The van der Waals surface area contributed by atoms with Crippen LogP contribution in [0.1, 0.15) is 23.6 Å². The Morgan fingerprint density at radius 2 is 2.04 bits per heavy atom. The van der Waals surface area contributed by atoms with Crippen LogP contribution in [-0.4, -0.2) is 49.1 Å². The molecule has 1 atom stereocenters. The fraction of sp³-hybridized carbons (Fsp3) is 0.450. The molecule has 2 heterocycles. The number of rotatable bonds is 8. The first-order valence-electron chi connectivity index (χ1n) is 9.00. The van der Waals surface area contributed by atoms with Crippen LogP contribution in [0.25, 0.3) is 0 Å². The number of benzene rings is 1. The molecular weight excluding hydrogens is 348 g/mol. The Morgan fingerprint density at radius 3 is 2.69 bits per heavy atom. The monoisotopic (exact) mass is 374 g/mol. The van der Waals surface area contributed by atoms with E-state index in [1.165, 1.54) is 0 Å². The Kier molecular flexibility index (Phi) is 7.03. The van der Waals surface area contributed by atoms with Crippen molar-refractivity contribution < 1.29 is 13.9 Å². The van der Waals surface area contributed by atoms with Gasteiger partial charge in [-0.05, 0) is 30.2 Å². The lowest BCUT2D eigenvalue weighted by Gasteiger charge is -2.34. The van der Waals surface area contributed by atoms with Gasteiger partial charge in [-0.1, -0.05) is 12.1 Å². The zero-order valence-corrected chi connectivity index (χ0v) is 16.0. The summed E-state index contributed by atoms with van der Waals surface area (Å²) in [7, 11) is 1.65. The minimum atomic E-state index is 0.0840. The zero-order chi connectivity index (χ0) is 18.2. The highest BCUT2D eigenvalue weighted by atomic mass is 32.2. The first-order chi connectivity index (χ1) is 12.8. The van der Waals surface area contributed by atoms with Crippen molar-refractivity contribution in [1.82, 2.24) is 10.2 Å². The lowest BCUT2D eigenvalue weighted by molar-refractivity contribution is -0.121. The number of furan rings is 1. The summed E-state index contributed by atoms with van der Waals surface area (Å²) in [5.74, 6) is 3.20. The van der Waals surface area contributed by atoms with Crippen LogP contribution in [0.5, 0.6) is 5.75 Å². The van der Waals surface area contributed by atoms with E-state index in [1.54, 1.807) is 19.6 Å². The van der Waals surface area contributed by atoms with Crippen molar-refractivity contribution in [3.05, 3.63) is 54.0 Å². The third kappa shape index (κ3) is 5.29. The molecule has 1 N–H and O–H groups in total. The van der Waals surface area contributed by atoms with Gasteiger partial charge in [-0.25, -0.2) is 0 Å². The molecule has 3 rings (SSSR count). The quantitative estimate of drug-likeness (QED) is 0.769. The summed E-state index contributed by atoms with van der Waals surface area (Å²) in [4.78, 5) is 14.8. The number of aryl methyl sites for hydroxylation is 1. The Labute approximate surface area is 159 Å². The molecule has 0 saturated carbocycles. The first kappa shape index (κ1) is 18.9. The third-order valence-corrected chi connectivity index (χ3v) is 5.65. The Hall–Kier alpha value is -1.92. The van der Waals surface area contributed by atoms with Crippen LogP contribution in [0.2, 0.25) is 0 Å². The first-order valence-corrected chi connectivity index (χ1v) is 10.2. The zero-order valence-electron chi connectivity index (χ0n) is 15.1. The summed E-state index contributed by atoms with van der Waals surface area (Å²) in [6, 6.07) is 10.0. The Balaban J connectivity index is 1.50. The van der Waals surface area contributed by atoms with Crippen molar-refractivity contribution in [2.45, 2.75) is 18.9 Å². The van der Waals surface area contributed by atoms with Gasteiger partial charge in [0, 0.05) is 43.1 Å². The van der Waals surface area contributed by atoms with E-state index < -0.39 is 0 Å². The Morgan fingerprint density at radius 1 is 1.27 bits per heavy atom. The van der Waals surface area contributed by atoms with E-state index in [4.69, 9.17) is 9.15 Å². The van der Waals surface area contributed by atoms with E-state index in [0.29, 0.717) is 13.0 Å². The van der Waals surface area contributed by atoms with Gasteiger partial charge in [0.05, 0.1) is 25.7 Å². The molecule has 0 unspecified atom stereocenters. The summed E-state index contributed by atoms with van der Waals surface area (Å²) in [5.41, 5.74) is 2.27. The predicted molar refractivity (Wildman–Crippen MR) is 105 cm³/mol. The predicted octanol–water partition coefficient (Wildman–Crippen LogP) is 3.13. The number of hydrogen-bond acceptors (Lipinski definition) is 5. The SMILES string of the molecule is COc1ccc(CCC(=O)NC[C@H](c2ccoc2)N2CCSCC2)cc1. The number of amides is 1. The number of methoxy groups -OCH3 is 1. The molecule has 1 amide bonds. The lowest BCUT2D eigenvalue weighted by atomic mass is 10.1. The van der Waals surface area contributed by atoms with E-state index in [1.807, 2.05) is 42.1 Å². The maximum absolute atomic E-state index is 12.3. The standard InChI is InChI=1S/C20H26N2O3S/c1-24-18-5-2-16(3-6-18)4-7-20(23)21-14-19(17-8-11-25-15-17)22-9-12-26-13-10-22/h2-3,5-6,8,11,15,19H,4,7,9-10,12-14H2,1H3,(H,21,23)/t19-/m1/s1. The summed E-state index contributed by atoms with van der Waals surface area (Å²) < 4.78 is 10.4. The van der Waals surface area contributed by atoms with Crippen molar-refractivity contribution >= 4 is 17.7 Å². The largest absolute Gasteiger partial charge is 0.497 e. The number of carbonyl (C=O) groups is 1. The second kappa shape index (κ2) is 9.69. The van der Waals surface area contributed by atoms with Crippen LogP contribution < -0.4 is 10.1 Å². The van der Waals surface area contributed by atoms with Gasteiger partial charge in [0.25, 0.3) is 0 Å². The van der Waals surface area contributed by atoms with Crippen LogP contribution in [-0.2, 0) is 11.2 Å². The van der Waals surface area contributed by atoms with Crippen LogP contribution in [0.15, 0.2) is 47.3 Å². The molecular formula is C20H26N2O3S. The molecule has 1 fully saturated rings. The van der Waals surface area contributed by atoms with Gasteiger partial charge < -0.3 is 14.5 Å². The van der Waals surface area contributed by atoms with Gasteiger partial charge in [-0.15, -0.1) is 0 Å². The Bertz CT molecular complexity index is 667. The number of carbonyl (C=O) groups excluding carboxylic acids is 1. The van der Waals surface area contributed by atoms with Gasteiger partial charge >= 0.3 is 0 Å². The molecule has 1 aliphatic heterocycles. The molecule has 1 aromatic carbocycles. The van der Waals surface area contributed by atoms with Crippen LogP contribution in [0.4, 0.5) is 0 Å². The number of thioether (sulfide) groups is 1. The van der Waals surface area contributed by atoms with Crippen molar-refractivity contribution in [2.24, 2.45) is 0 Å². The van der Waals surface area contributed by atoms with E-state index in [0.717, 1.165) is 47.9 Å². The van der Waals surface area contributed by atoms with Crippen LogP contribution in [0, 0.1) is 0 Å². The molecule has 2 aromatic rings. The number of nitrogens with one attached hydrogen (secondary N) is 1. The molecule has 6 heteroatoms. The normalized spacial score (nSPS) is 16.2. The van der Waals surface area contributed by atoms with E-state index in [2.05, 4.69) is 10.2 Å². The summed E-state index contributed by atoms with van der Waals surface area (Å²) in [5, 5.41) is 3.11. The third-order valence-electron chi connectivity index (χ3n) is 4.71. The number of hydrogen-bond donors (Lipinski definition) is 1. The topological polar surface area (TPSA) is 54.7 Å². The molecule has 0 aliphatic carbocycles. The van der Waals surface area contributed by atoms with Crippen LogP contribution >= 0.6 is 11.8 Å². The van der Waals surface area contributed by atoms with Gasteiger partial charge in [0.15, 0.2) is 0 Å². The molecule has 5 nitrogen and oxygen atoms in total. The molecule has 1 saturated heterocycles. The molecule has 1 aliphatic rings. The molecule has 0 bridgehead atoms. The average Bonchev–Trinajstić information content (AvgIpc) is 3.22. The molecule has 0 radical (unpaired) electrons. The maximum Gasteiger partial charge on any atom is 0.220 e. The second-order valence-corrected chi connectivity index (χ2v) is 7.60. The molecule has 1 aromatic heterocycles. The maximum atomic E-state index is 12.3. The second-order valence-electron chi connectivity index (χ2n) is 6.37. The minimum Gasteiger partial charge on any atom is -0.497 e. The minimum absolute atomic E-state index is 0.0840. The number of ether oxygens (including phenoxy) is 1. The van der Waals surface area contributed by atoms with E-state index >= 15 is 0 Å².